The van der Waals surface area contributed by atoms with Crippen molar-refractivity contribution in [2.75, 3.05) is 0 Å². The lowest BCUT2D eigenvalue weighted by atomic mass is 9.85. The van der Waals surface area contributed by atoms with Gasteiger partial charge in [-0.3, -0.25) is 15.0 Å². The Kier molecular flexibility index (Phi) is 4.82. The fourth-order valence-electron chi connectivity index (χ4n) is 5.06. The number of aliphatic imine (C=N–C) groups is 1. The predicted molar refractivity (Wildman–Crippen MR) is 123 cm³/mol. The third kappa shape index (κ3) is 3.09. The van der Waals surface area contributed by atoms with Crippen LogP contribution in [-0.4, -0.2) is 34.2 Å². The van der Waals surface area contributed by atoms with Crippen molar-refractivity contribution in [3.63, 3.8) is 0 Å². The van der Waals surface area contributed by atoms with E-state index in [0.29, 0.717) is 34.6 Å². The van der Waals surface area contributed by atoms with Gasteiger partial charge < -0.3 is 5.73 Å². The first-order valence-electron chi connectivity index (χ1n) is 10.4. The number of hydrogen-bond acceptors (Lipinski definition) is 6. The number of fused-ring (bicyclic) bond motifs is 3. The van der Waals surface area contributed by atoms with E-state index in [9.17, 15) is 12.8 Å². The summed E-state index contributed by atoms with van der Waals surface area (Å²) in [4.78, 5) is 12.9. The number of pyridine rings is 2. The third-order valence-corrected chi connectivity index (χ3v) is 10.4. The van der Waals surface area contributed by atoms with Crippen molar-refractivity contribution in [3.05, 3.63) is 70.1 Å². The highest BCUT2D eigenvalue weighted by molar-refractivity contribution is 7.94. The number of hydrogen-bond donors (Lipinski definition) is 1. The number of benzene rings is 1. The summed E-state index contributed by atoms with van der Waals surface area (Å²) < 4.78 is 54.6. The van der Waals surface area contributed by atoms with E-state index in [2.05, 4.69) is 15.0 Å². The summed E-state index contributed by atoms with van der Waals surface area (Å²) in [7, 11) is -3.66. The highest BCUT2D eigenvalue weighted by Crippen LogP contribution is 2.51. The first kappa shape index (κ1) is 22.2. The molecule has 6 nitrogen and oxygen atoms in total. The maximum Gasteiger partial charge on any atom is 0.168 e. The minimum Gasteiger partial charge on any atom is -0.386 e. The molecule has 2 aromatic heterocycles. The van der Waals surface area contributed by atoms with Crippen molar-refractivity contribution in [1.29, 1.82) is 0 Å². The Morgan fingerprint density at radius 3 is 2.67 bits per heavy atom. The molecule has 5 rings (SSSR count). The number of sulfone groups is 1. The largest absolute Gasteiger partial charge is 0.386 e. The van der Waals surface area contributed by atoms with Crippen molar-refractivity contribution in [2.45, 2.75) is 48.6 Å². The molecule has 0 radical (unpaired) electrons. The minimum absolute atomic E-state index is 0.0100. The van der Waals surface area contributed by atoms with Crippen LogP contribution in [0.4, 0.5) is 8.78 Å². The molecule has 2 bridgehead atoms. The molecule has 33 heavy (non-hydrogen) atoms. The van der Waals surface area contributed by atoms with E-state index in [1.165, 1.54) is 18.3 Å². The first-order chi connectivity index (χ1) is 15.5. The molecule has 4 heterocycles. The average molecular weight is 491 g/mol. The van der Waals surface area contributed by atoms with Crippen LogP contribution in [0, 0.1) is 11.6 Å². The van der Waals surface area contributed by atoms with Crippen molar-refractivity contribution >= 4 is 38.2 Å². The van der Waals surface area contributed by atoms with Crippen LogP contribution >= 0.6 is 11.6 Å². The van der Waals surface area contributed by atoms with Gasteiger partial charge in [0.15, 0.2) is 15.7 Å². The van der Waals surface area contributed by atoms with Crippen LogP contribution < -0.4 is 5.73 Å². The van der Waals surface area contributed by atoms with Gasteiger partial charge in [-0.2, -0.15) is 0 Å². The number of aromatic nitrogens is 2. The van der Waals surface area contributed by atoms with Crippen molar-refractivity contribution in [2.24, 2.45) is 10.7 Å². The Bertz CT molecular complexity index is 1460. The zero-order valence-corrected chi connectivity index (χ0v) is 19.5. The Balaban J connectivity index is 1.61. The molecule has 0 unspecified atom stereocenters. The number of nitrogens with two attached hydrogens (primary N) is 1. The molecule has 1 saturated heterocycles. The van der Waals surface area contributed by atoms with Crippen LogP contribution in [0.15, 0.2) is 41.7 Å². The molecule has 0 spiro atoms. The van der Waals surface area contributed by atoms with Gasteiger partial charge in [0.1, 0.15) is 21.9 Å². The second-order valence-corrected chi connectivity index (χ2v) is 12.0. The van der Waals surface area contributed by atoms with Gasteiger partial charge in [-0.15, -0.1) is 0 Å². The van der Waals surface area contributed by atoms with Gasteiger partial charge in [-0.05, 0) is 44.4 Å². The maximum absolute atomic E-state index is 15.1. The second kappa shape index (κ2) is 7.17. The van der Waals surface area contributed by atoms with Crippen molar-refractivity contribution < 1.29 is 17.2 Å². The molecule has 1 fully saturated rings. The van der Waals surface area contributed by atoms with E-state index in [1.807, 2.05) is 0 Å². The van der Waals surface area contributed by atoms with E-state index in [4.69, 9.17) is 17.3 Å². The number of halogens is 3. The molecule has 3 atom stereocenters. The fraction of sp³-hybridized carbons (Fsp3) is 0.348. The summed E-state index contributed by atoms with van der Waals surface area (Å²) in [6.45, 7) is 3.20. The number of amidine groups is 1. The van der Waals surface area contributed by atoms with Gasteiger partial charge in [0.2, 0.25) is 0 Å². The quantitative estimate of drug-likeness (QED) is 0.596. The molecular formula is C23H21ClF2N4O2S. The minimum atomic E-state index is -3.66. The van der Waals surface area contributed by atoms with E-state index < -0.39 is 37.0 Å². The highest BCUT2D eigenvalue weighted by Gasteiger charge is 2.63. The molecule has 2 aliphatic rings. The molecule has 1 aromatic carbocycles. The number of nitrogens with zero attached hydrogens (tertiary/aromatic N) is 3. The molecule has 0 amide bonds. The normalized spacial score (nSPS) is 28.2. The van der Waals surface area contributed by atoms with Crippen molar-refractivity contribution in [1.82, 2.24) is 9.97 Å². The lowest BCUT2D eigenvalue weighted by molar-refractivity contribution is 0.423. The molecule has 10 heteroatoms. The standard InChI is InChI=1S/C23H21ClF2N4O2S/c1-22-6-5-19(33(22,31)32)23(2,30-21(22)27)15-7-12(3-4-16(15)25)8-18-20-14(17(26)11-28-18)9-13(24)10-29-20/h3-4,7,9-11,19H,5-6,8H2,1-2H3,(H2,27,30)/t19-,22+,23-/m1/s1. The van der Waals surface area contributed by atoms with Crippen molar-refractivity contribution in [3.8, 4) is 0 Å². The second-order valence-electron chi connectivity index (χ2n) is 9.04. The van der Waals surface area contributed by atoms with Crippen LogP contribution in [0.2, 0.25) is 5.02 Å². The zero-order valence-electron chi connectivity index (χ0n) is 17.9. The molecule has 0 saturated carbocycles. The van der Waals surface area contributed by atoms with E-state index in [0.717, 1.165) is 6.20 Å². The van der Waals surface area contributed by atoms with E-state index >= 15 is 4.39 Å². The Morgan fingerprint density at radius 1 is 1.15 bits per heavy atom. The van der Waals surface area contributed by atoms with E-state index in [-0.39, 0.29) is 23.2 Å². The van der Waals surface area contributed by atoms with Gasteiger partial charge in [-0.1, -0.05) is 23.7 Å². The number of rotatable bonds is 3. The molecule has 3 aromatic rings. The molecule has 172 valence electrons. The summed E-state index contributed by atoms with van der Waals surface area (Å²) in [6.07, 6.45) is 3.43. The van der Waals surface area contributed by atoms with Gasteiger partial charge >= 0.3 is 0 Å². The fourth-order valence-corrected chi connectivity index (χ4v) is 7.80. The smallest absolute Gasteiger partial charge is 0.168 e. The monoisotopic (exact) mass is 490 g/mol. The molecule has 0 aliphatic carbocycles. The summed E-state index contributed by atoms with van der Waals surface area (Å²) in [5.41, 5.74) is 6.41. The van der Waals surface area contributed by atoms with Gasteiger partial charge in [0.25, 0.3) is 0 Å². The molecule has 2 aliphatic heterocycles. The Labute approximate surface area is 194 Å². The SMILES string of the molecule is C[C@]12CC[C@H]([C@@](C)(c3cc(Cc4ncc(F)c5cc(Cl)cnc45)ccc3F)N=C1N)S2(=O)=O. The van der Waals surface area contributed by atoms with Crippen LogP contribution in [0.1, 0.15) is 43.5 Å². The summed E-state index contributed by atoms with van der Waals surface area (Å²) >= 11 is 5.96. The lowest BCUT2D eigenvalue weighted by Gasteiger charge is -2.39. The average Bonchev–Trinajstić information content (AvgIpc) is 2.94. The summed E-state index contributed by atoms with van der Waals surface area (Å²) in [5, 5.41) is -0.337. The third-order valence-electron chi connectivity index (χ3n) is 7.07. The summed E-state index contributed by atoms with van der Waals surface area (Å²) in [5.74, 6) is -1.10. The lowest BCUT2D eigenvalue weighted by Crippen LogP contribution is -2.55. The topological polar surface area (TPSA) is 98.3 Å². The Hall–Kier alpha value is -2.65. The van der Waals surface area contributed by atoms with Gasteiger partial charge in [-0.25, -0.2) is 17.2 Å². The van der Waals surface area contributed by atoms with Crippen LogP contribution in [-0.2, 0) is 21.8 Å². The van der Waals surface area contributed by atoms with Gasteiger partial charge in [0, 0.05) is 23.6 Å². The highest BCUT2D eigenvalue weighted by atomic mass is 35.5. The van der Waals surface area contributed by atoms with E-state index in [1.54, 1.807) is 26.0 Å². The predicted octanol–water partition coefficient (Wildman–Crippen LogP) is 4.07. The Morgan fingerprint density at radius 2 is 1.91 bits per heavy atom. The van der Waals surface area contributed by atoms with Crippen LogP contribution in [0.5, 0.6) is 0 Å². The first-order valence-corrected chi connectivity index (χ1v) is 12.4. The summed E-state index contributed by atoms with van der Waals surface area (Å²) in [6, 6.07) is 5.93. The van der Waals surface area contributed by atoms with Crippen LogP contribution in [0.25, 0.3) is 10.9 Å². The van der Waals surface area contributed by atoms with Crippen LogP contribution in [0.3, 0.4) is 0 Å². The zero-order chi connectivity index (χ0) is 23.8. The molecule has 2 N–H and O–H groups in total. The van der Waals surface area contributed by atoms with Gasteiger partial charge in [0.05, 0.1) is 27.7 Å². The maximum atomic E-state index is 15.1. The molecular weight excluding hydrogens is 470 g/mol.